The molecule has 0 spiro atoms. The Balaban J connectivity index is 5.61. The highest BCUT2D eigenvalue weighted by molar-refractivity contribution is 7.91. The minimum Gasteiger partial charge on any atom is -0.438 e. The lowest BCUT2D eigenvalue weighted by Crippen LogP contribution is -2.65. The van der Waals surface area contributed by atoms with E-state index < -0.39 is 52.0 Å². The number of ether oxygens (including phenoxy) is 2. The SMILES string of the molecule is COC(=O)OCC(=O)NS(=O)(=O)C(F)(F)C(F)(F)C(F)(F)C(F)(F)F. The second kappa shape index (κ2) is 6.75. The molecule has 0 atom stereocenters. The Kier molecular flexibility index (Phi) is 6.23. The zero-order valence-electron chi connectivity index (χ0n) is 11.5. The molecule has 0 aliphatic carbocycles. The molecule has 0 fully saturated rings. The van der Waals surface area contributed by atoms with Crippen LogP contribution in [0.15, 0.2) is 0 Å². The van der Waals surface area contributed by atoms with Crippen molar-refractivity contribution in [3.63, 3.8) is 0 Å². The van der Waals surface area contributed by atoms with Crippen LogP contribution in [0.1, 0.15) is 0 Å². The number of amides is 1. The van der Waals surface area contributed by atoms with Gasteiger partial charge in [0.15, 0.2) is 6.61 Å². The van der Waals surface area contributed by atoms with Crippen molar-refractivity contribution < 1.29 is 67.0 Å². The first-order valence-corrected chi connectivity index (χ1v) is 6.79. The maximum absolute atomic E-state index is 13.2. The predicted molar refractivity (Wildman–Crippen MR) is 56.3 cm³/mol. The van der Waals surface area contributed by atoms with Crippen molar-refractivity contribution in [2.75, 3.05) is 13.7 Å². The van der Waals surface area contributed by atoms with Gasteiger partial charge in [-0.25, -0.2) is 9.52 Å². The van der Waals surface area contributed by atoms with Gasteiger partial charge in [0, 0.05) is 0 Å². The van der Waals surface area contributed by atoms with E-state index in [1.54, 1.807) is 0 Å². The Labute approximate surface area is 132 Å². The van der Waals surface area contributed by atoms with Crippen molar-refractivity contribution >= 4 is 22.1 Å². The number of nitrogens with one attached hydrogen (secondary N) is 1. The van der Waals surface area contributed by atoms with E-state index in [0.717, 1.165) is 0 Å². The van der Waals surface area contributed by atoms with Gasteiger partial charge in [-0.15, -0.1) is 0 Å². The molecule has 0 aromatic rings. The zero-order valence-corrected chi connectivity index (χ0v) is 12.3. The van der Waals surface area contributed by atoms with E-state index in [4.69, 9.17) is 0 Å². The van der Waals surface area contributed by atoms with Crippen LogP contribution in [-0.2, 0) is 24.3 Å². The van der Waals surface area contributed by atoms with E-state index in [-0.39, 0.29) is 4.72 Å². The summed E-state index contributed by atoms with van der Waals surface area (Å²) in [5.74, 6) is -17.2. The molecule has 0 unspecified atom stereocenters. The van der Waals surface area contributed by atoms with Crippen LogP contribution >= 0.6 is 0 Å². The maximum atomic E-state index is 13.2. The summed E-state index contributed by atoms with van der Waals surface area (Å²) in [6.07, 6.45) is -8.90. The molecule has 17 heteroatoms. The smallest absolute Gasteiger partial charge is 0.438 e. The molecule has 0 aliphatic rings. The van der Waals surface area contributed by atoms with Crippen molar-refractivity contribution in [1.29, 1.82) is 0 Å². The normalized spacial score (nSPS) is 14.0. The summed E-state index contributed by atoms with van der Waals surface area (Å²) in [5, 5.41) is -7.08. The standard InChI is InChI=1S/C8H6F9NO6S/c1-23-4(20)24-2-3(19)18-25(21,22)8(16,17)6(11,12)5(9,10)7(13,14)15/h2H2,1H3,(H,18,19). The van der Waals surface area contributed by atoms with Crippen LogP contribution in [0, 0.1) is 0 Å². The number of sulfonamides is 1. The lowest BCUT2D eigenvalue weighted by Gasteiger charge is -2.32. The van der Waals surface area contributed by atoms with Gasteiger partial charge in [-0.1, -0.05) is 0 Å². The van der Waals surface area contributed by atoms with Crippen LogP contribution < -0.4 is 4.72 Å². The highest BCUT2D eigenvalue weighted by Crippen LogP contribution is 2.54. The number of alkyl halides is 9. The number of methoxy groups -OCH3 is 1. The third-order valence-electron chi connectivity index (χ3n) is 2.19. The van der Waals surface area contributed by atoms with Gasteiger partial charge in [0.1, 0.15) is 0 Å². The number of rotatable bonds is 6. The molecule has 0 saturated heterocycles. The second-order valence-corrected chi connectivity index (χ2v) is 5.66. The summed E-state index contributed by atoms with van der Waals surface area (Å²) < 4.78 is 142. The molecule has 25 heavy (non-hydrogen) atoms. The Morgan fingerprint density at radius 3 is 1.72 bits per heavy atom. The zero-order chi connectivity index (χ0) is 20.5. The highest BCUT2D eigenvalue weighted by Gasteiger charge is 2.85. The summed E-state index contributed by atoms with van der Waals surface area (Å²) >= 11 is 0. The number of carbonyl (C=O) groups excluding carboxylic acids is 2. The van der Waals surface area contributed by atoms with Gasteiger partial charge in [0.25, 0.3) is 5.91 Å². The Morgan fingerprint density at radius 2 is 1.36 bits per heavy atom. The molecule has 0 aromatic heterocycles. The van der Waals surface area contributed by atoms with E-state index in [2.05, 4.69) is 9.47 Å². The van der Waals surface area contributed by atoms with Crippen molar-refractivity contribution in [3.8, 4) is 0 Å². The van der Waals surface area contributed by atoms with E-state index >= 15 is 0 Å². The van der Waals surface area contributed by atoms with Crippen molar-refractivity contribution in [3.05, 3.63) is 0 Å². The molecule has 0 bridgehead atoms. The molecule has 0 aromatic carbocycles. The fourth-order valence-corrected chi connectivity index (χ4v) is 1.91. The Bertz CT molecular complexity index is 628. The van der Waals surface area contributed by atoms with E-state index in [0.29, 0.717) is 7.11 Å². The van der Waals surface area contributed by atoms with Crippen LogP contribution in [0.25, 0.3) is 0 Å². The fraction of sp³-hybridized carbons (Fsp3) is 0.750. The molecule has 148 valence electrons. The van der Waals surface area contributed by atoms with Crippen molar-refractivity contribution in [2.45, 2.75) is 23.3 Å². The average Bonchev–Trinajstić information content (AvgIpc) is 2.42. The topological polar surface area (TPSA) is 98.8 Å². The molecular weight excluding hydrogens is 409 g/mol. The summed E-state index contributed by atoms with van der Waals surface area (Å²) in [6, 6.07) is 0. The molecule has 0 rings (SSSR count). The van der Waals surface area contributed by atoms with Crippen LogP contribution in [0.5, 0.6) is 0 Å². The molecule has 0 saturated carbocycles. The minimum atomic E-state index is -7.49. The van der Waals surface area contributed by atoms with E-state index in [1.165, 1.54) is 0 Å². The third-order valence-corrected chi connectivity index (χ3v) is 3.62. The minimum absolute atomic E-state index is 0.0755. The molecule has 0 aliphatic heterocycles. The van der Waals surface area contributed by atoms with Crippen molar-refractivity contribution in [1.82, 2.24) is 4.72 Å². The average molecular weight is 415 g/mol. The van der Waals surface area contributed by atoms with Crippen LogP contribution in [0.4, 0.5) is 44.3 Å². The number of carbonyl (C=O) groups is 2. The lowest BCUT2D eigenvalue weighted by molar-refractivity contribution is -0.382. The Hall–Kier alpha value is -1.94. The number of halogens is 9. The van der Waals surface area contributed by atoms with E-state index in [9.17, 15) is 57.5 Å². The quantitative estimate of drug-likeness (QED) is 0.523. The molecular formula is C8H6F9NO6S. The number of hydrogen-bond donors (Lipinski definition) is 1. The summed E-state index contributed by atoms with van der Waals surface area (Å²) in [6.45, 7) is -1.72. The van der Waals surface area contributed by atoms with Gasteiger partial charge >= 0.3 is 39.5 Å². The second-order valence-electron chi connectivity index (χ2n) is 3.93. The first kappa shape index (κ1) is 23.1. The fourth-order valence-electron chi connectivity index (χ4n) is 0.956. The largest absolute Gasteiger partial charge is 0.508 e. The van der Waals surface area contributed by atoms with Crippen LogP contribution in [-0.4, -0.2) is 57.5 Å². The Morgan fingerprint density at radius 1 is 0.920 bits per heavy atom. The van der Waals surface area contributed by atoms with Gasteiger partial charge < -0.3 is 9.47 Å². The highest BCUT2D eigenvalue weighted by atomic mass is 32.2. The van der Waals surface area contributed by atoms with Gasteiger partial charge in [0.05, 0.1) is 7.11 Å². The predicted octanol–water partition coefficient (Wildman–Crippen LogP) is 1.64. The third kappa shape index (κ3) is 4.18. The van der Waals surface area contributed by atoms with Crippen LogP contribution in [0.2, 0.25) is 0 Å². The molecule has 7 nitrogen and oxygen atoms in total. The van der Waals surface area contributed by atoms with Crippen LogP contribution in [0.3, 0.4) is 0 Å². The van der Waals surface area contributed by atoms with Gasteiger partial charge in [-0.05, 0) is 0 Å². The summed E-state index contributed by atoms with van der Waals surface area (Å²) in [5.41, 5.74) is 0. The van der Waals surface area contributed by atoms with Gasteiger partial charge in [-0.3, -0.25) is 4.79 Å². The molecule has 1 amide bonds. The first-order chi connectivity index (χ1) is 10.8. The van der Waals surface area contributed by atoms with E-state index in [1.807, 2.05) is 0 Å². The lowest BCUT2D eigenvalue weighted by atomic mass is 10.1. The number of hydrogen-bond acceptors (Lipinski definition) is 6. The molecule has 0 heterocycles. The van der Waals surface area contributed by atoms with Gasteiger partial charge in [0.2, 0.25) is 0 Å². The first-order valence-electron chi connectivity index (χ1n) is 5.31. The van der Waals surface area contributed by atoms with Crippen molar-refractivity contribution in [2.24, 2.45) is 0 Å². The summed E-state index contributed by atoms with van der Waals surface area (Å²) in [4.78, 5) is 21.3. The maximum Gasteiger partial charge on any atom is 0.508 e. The monoisotopic (exact) mass is 415 g/mol. The summed E-state index contributed by atoms with van der Waals surface area (Å²) in [7, 11) is -6.42. The molecule has 1 N–H and O–H groups in total. The van der Waals surface area contributed by atoms with Gasteiger partial charge in [-0.2, -0.15) is 47.9 Å². The molecule has 0 radical (unpaired) electrons.